The smallest absolute Gasteiger partial charge is 0.0369 e. The number of piperazine rings is 1. The van der Waals surface area contributed by atoms with Gasteiger partial charge in [0.05, 0.1) is 0 Å². The van der Waals surface area contributed by atoms with Crippen LogP contribution in [0.5, 0.6) is 0 Å². The molecule has 0 atom stereocenters. The zero-order valence-electron chi connectivity index (χ0n) is 8.48. The first-order valence-corrected chi connectivity index (χ1v) is 5.41. The van der Waals surface area contributed by atoms with Crippen LogP contribution in [-0.4, -0.2) is 30.5 Å². The van der Waals surface area contributed by atoms with E-state index in [0.29, 0.717) is 0 Å². The Kier molecular flexibility index (Phi) is 2.99. The van der Waals surface area contributed by atoms with Gasteiger partial charge in [0.15, 0.2) is 0 Å². The quantitative estimate of drug-likeness (QED) is 0.705. The summed E-state index contributed by atoms with van der Waals surface area (Å²) in [6, 6.07) is 8.69. The summed E-state index contributed by atoms with van der Waals surface area (Å²) in [7, 11) is 0. The number of thiol groups is 1. The van der Waals surface area contributed by atoms with Crippen molar-refractivity contribution in [2.24, 2.45) is 0 Å². The maximum Gasteiger partial charge on any atom is 0.0369 e. The van der Waals surface area contributed by atoms with Gasteiger partial charge in [-0.2, -0.15) is 0 Å². The average Bonchev–Trinajstić information content (AvgIpc) is 2.19. The van der Waals surface area contributed by atoms with E-state index in [-0.39, 0.29) is 0 Å². The van der Waals surface area contributed by atoms with E-state index in [9.17, 15) is 0 Å². The Morgan fingerprint density at radius 3 is 2.50 bits per heavy atom. The van der Waals surface area contributed by atoms with E-state index in [1.165, 1.54) is 11.3 Å². The Labute approximate surface area is 91.1 Å². The number of hydrogen-bond donors (Lipinski definition) is 1. The second kappa shape index (κ2) is 4.24. The highest BCUT2D eigenvalue weighted by Crippen LogP contribution is 2.17. The normalized spacial score (nSPS) is 18.6. The molecule has 1 aromatic rings. The Morgan fingerprint density at radius 2 is 1.86 bits per heavy atom. The zero-order valence-corrected chi connectivity index (χ0v) is 9.37. The number of nitrogens with zero attached hydrogens (tertiary/aromatic N) is 2. The Hall–Kier alpha value is -0.670. The van der Waals surface area contributed by atoms with Gasteiger partial charge in [-0.3, -0.25) is 0 Å². The van der Waals surface area contributed by atoms with Crippen LogP contribution in [0.3, 0.4) is 0 Å². The summed E-state index contributed by atoms with van der Waals surface area (Å²) in [6.07, 6.45) is 0. The fraction of sp³-hybridized carbons (Fsp3) is 0.455. The third-order valence-electron chi connectivity index (χ3n) is 2.62. The van der Waals surface area contributed by atoms with Gasteiger partial charge >= 0.3 is 0 Å². The topological polar surface area (TPSA) is 6.48 Å². The van der Waals surface area contributed by atoms with Gasteiger partial charge in [0.1, 0.15) is 0 Å². The van der Waals surface area contributed by atoms with Crippen molar-refractivity contribution in [1.29, 1.82) is 0 Å². The van der Waals surface area contributed by atoms with Gasteiger partial charge in [-0.25, -0.2) is 4.31 Å². The molecule has 1 aliphatic heterocycles. The minimum atomic E-state index is 1.04. The minimum Gasteiger partial charge on any atom is -0.369 e. The number of anilines is 1. The van der Waals surface area contributed by atoms with Gasteiger partial charge in [-0.05, 0) is 24.6 Å². The van der Waals surface area contributed by atoms with Crippen LogP contribution in [0.15, 0.2) is 24.3 Å². The molecular formula is C11H16N2S. The number of hydrogen-bond acceptors (Lipinski definition) is 3. The predicted octanol–water partition coefficient (Wildman–Crippen LogP) is 1.96. The predicted molar refractivity (Wildman–Crippen MR) is 64.0 cm³/mol. The molecular weight excluding hydrogens is 192 g/mol. The molecule has 0 aromatic heterocycles. The third kappa shape index (κ3) is 2.22. The lowest BCUT2D eigenvalue weighted by atomic mass is 10.2. The van der Waals surface area contributed by atoms with Crippen molar-refractivity contribution in [2.75, 3.05) is 31.1 Å². The number of aryl methyl sites for hydroxylation is 1. The molecule has 3 heteroatoms. The van der Waals surface area contributed by atoms with Crippen LogP contribution >= 0.6 is 12.8 Å². The van der Waals surface area contributed by atoms with Crippen LogP contribution in [0.4, 0.5) is 5.69 Å². The van der Waals surface area contributed by atoms with Crippen LogP contribution in [0, 0.1) is 6.92 Å². The first-order chi connectivity index (χ1) is 6.75. The molecule has 0 amide bonds. The van der Waals surface area contributed by atoms with Gasteiger partial charge in [-0.15, -0.1) is 0 Å². The molecule has 0 radical (unpaired) electrons. The lowest BCUT2D eigenvalue weighted by molar-refractivity contribution is 0.434. The molecule has 0 saturated carbocycles. The molecule has 1 aliphatic rings. The molecule has 0 unspecified atom stereocenters. The second-order valence-electron chi connectivity index (χ2n) is 3.78. The summed E-state index contributed by atoms with van der Waals surface area (Å²) in [5, 5.41) is 0. The molecule has 14 heavy (non-hydrogen) atoms. The zero-order chi connectivity index (χ0) is 9.97. The van der Waals surface area contributed by atoms with E-state index in [2.05, 4.69) is 53.2 Å². The molecule has 1 saturated heterocycles. The highest BCUT2D eigenvalue weighted by molar-refractivity contribution is 7.77. The summed E-state index contributed by atoms with van der Waals surface area (Å²) < 4.78 is 2.08. The van der Waals surface area contributed by atoms with E-state index in [4.69, 9.17) is 0 Å². The highest BCUT2D eigenvalue weighted by Gasteiger charge is 2.14. The van der Waals surface area contributed by atoms with Crippen molar-refractivity contribution in [3.63, 3.8) is 0 Å². The van der Waals surface area contributed by atoms with Crippen molar-refractivity contribution >= 4 is 18.5 Å². The van der Waals surface area contributed by atoms with E-state index in [1.807, 2.05) is 0 Å². The fourth-order valence-electron chi connectivity index (χ4n) is 1.78. The fourth-order valence-corrected chi connectivity index (χ4v) is 1.96. The molecule has 0 aliphatic carbocycles. The van der Waals surface area contributed by atoms with Crippen LogP contribution in [0.2, 0.25) is 0 Å². The summed E-state index contributed by atoms with van der Waals surface area (Å²) in [5.74, 6) is 0. The van der Waals surface area contributed by atoms with Crippen molar-refractivity contribution in [2.45, 2.75) is 6.92 Å². The Bertz CT molecular complexity index is 306. The van der Waals surface area contributed by atoms with Crippen LogP contribution in [-0.2, 0) is 0 Å². The van der Waals surface area contributed by atoms with Gasteiger partial charge < -0.3 is 4.90 Å². The second-order valence-corrected chi connectivity index (χ2v) is 4.35. The molecule has 1 heterocycles. The standard InChI is InChI=1S/C11H16N2S/c1-10-3-2-4-11(9-10)12-5-7-13(14)8-6-12/h2-4,9,14H,5-8H2,1H3. The maximum absolute atomic E-state index is 4.34. The molecule has 2 nitrogen and oxygen atoms in total. The number of benzene rings is 1. The lowest BCUT2D eigenvalue weighted by Gasteiger charge is -2.33. The Balaban J connectivity index is 2.08. The summed E-state index contributed by atoms with van der Waals surface area (Å²) in [6.45, 7) is 6.37. The van der Waals surface area contributed by atoms with E-state index < -0.39 is 0 Å². The Morgan fingerprint density at radius 1 is 1.14 bits per heavy atom. The molecule has 0 bridgehead atoms. The first kappa shape index (κ1) is 9.87. The summed E-state index contributed by atoms with van der Waals surface area (Å²) >= 11 is 4.34. The van der Waals surface area contributed by atoms with Gasteiger partial charge in [-0.1, -0.05) is 24.9 Å². The SMILES string of the molecule is Cc1cccc(N2CCN(S)CC2)c1. The summed E-state index contributed by atoms with van der Waals surface area (Å²) in [4.78, 5) is 2.42. The van der Waals surface area contributed by atoms with Gasteiger partial charge in [0, 0.05) is 31.9 Å². The van der Waals surface area contributed by atoms with Crippen LogP contribution in [0.1, 0.15) is 5.56 Å². The molecule has 1 aromatic carbocycles. The first-order valence-electron chi connectivity index (χ1n) is 5.01. The van der Waals surface area contributed by atoms with Crippen molar-refractivity contribution < 1.29 is 0 Å². The molecule has 0 spiro atoms. The molecule has 1 fully saturated rings. The van der Waals surface area contributed by atoms with Crippen molar-refractivity contribution in [3.05, 3.63) is 29.8 Å². The number of rotatable bonds is 1. The van der Waals surface area contributed by atoms with E-state index >= 15 is 0 Å². The van der Waals surface area contributed by atoms with Crippen molar-refractivity contribution in [1.82, 2.24) is 4.31 Å². The van der Waals surface area contributed by atoms with E-state index in [1.54, 1.807) is 0 Å². The van der Waals surface area contributed by atoms with Crippen LogP contribution in [0.25, 0.3) is 0 Å². The van der Waals surface area contributed by atoms with E-state index in [0.717, 1.165) is 26.2 Å². The average molecular weight is 208 g/mol. The molecule has 76 valence electrons. The highest BCUT2D eigenvalue weighted by atomic mass is 32.1. The largest absolute Gasteiger partial charge is 0.369 e. The van der Waals surface area contributed by atoms with Crippen LogP contribution < -0.4 is 4.90 Å². The summed E-state index contributed by atoms with van der Waals surface area (Å²) in [5.41, 5.74) is 2.67. The molecule has 2 rings (SSSR count). The lowest BCUT2D eigenvalue weighted by Crippen LogP contribution is -2.42. The van der Waals surface area contributed by atoms with Gasteiger partial charge in [0.2, 0.25) is 0 Å². The van der Waals surface area contributed by atoms with Gasteiger partial charge in [0.25, 0.3) is 0 Å². The third-order valence-corrected chi connectivity index (χ3v) is 3.02. The monoisotopic (exact) mass is 208 g/mol. The van der Waals surface area contributed by atoms with Crippen molar-refractivity contribution in [3.8, 4) is 0 Å². The maximum atomic E-state index is 4.34. The molecule has 0 N–H and O–H groups in total. The minimum absolute atomic E-state index is 1.04.